The van der Waals surface area contributed by atoms with E-state index in [9.17, 15) is 4.79 Å². The van der Waals surface area contributed by atoms with Crippen molar-refractivity contribution in [3.05, 3.63) is 22.5 Å². The smallest absolute Gasteiger partial charge is 0.254 e. The second-order valence-corrected chi connectivity index (χ2v) is 4.65. The van der Waals surface area contributed by atoms with Crippen molar-refractivity contribution in [3.63, 3.8) is 0 Å². The predicted octanol–water partition coefficient (Wildman–Crippen LogP) is -0.729. The summed E-state index contributed by atoms with van der Waals surface area (Å²) in [6.45, 7) is 0.595. The standard InChI is InChI=1S/C10H8N4O3/c15-6-2-1-4-9-13(12-11-4)3-5-7-8(17-7)10(16-5)14(6)9/h1-2,5,7-8,10H,3H2/t5-,7-,8?,10-/m1/s1. The SMILES string of the molecule is O=c1ccc2nnn3c2n1[C@@H]1O[C@H](C3)[C@H]2OC12. The minimum atomic E-state index is -0.319. The van der Waals surface area contributed by atoms with E-state index in [1.54, 1.807) is 15.3 Å². The zero-order valence-corrected chi connectivity index (χ0v) is 8.68. The molecule has 0 aromatic carbocycles. The molecule has 0 spiro atoms. The highest BCUT2D eigenvalue weighted by Crippen LogP contribution is 2.46. The first-order chi connectivity index (χ1) is 8.33. The number of fused-ring (bicyclic) bond motifs is 6. The van der Waals surface area contributed by atoms with Gasteiger partial charge < -0.3 is 9.47 Å². The molecule has 2 saturated heterocycles. The molecule has 17 heavy (non-hydrogen) atoms. The second kappa shape index (κ2) is 2.41. The second-order valence-electron chi connectivity index (χ2n) is 4.65. The third kappa shape index (κ3) is 0.850. The minimum Gasteiger partial charge on any atom is -0.362 e. The normalized spacial score (nSPS) is 36.9. The molecule has 2 bridgehead atoms. The van der Waals surface area contributed by atoms with Gasteiger partial charge in [0.25, 0.3) is 5.56 Å². The van der Waals surface area contributed by atoms with Crippen molar-refractivity contribution in [3.8, 4) is 0 Å². The molecule has 86 valence electrons. The highest BCUT2D eigenvalue weighted by atomic mass is 16.7. The largest absolute Gasteiger partial charge is 0.362 e. The average Bonchev–Trinajstić information content (AvgIpc) is 2.94. The number of hydrogen-bond acceptors (Lipinski definition) is 5. The van der Waals surface area contributed by atoms with E-state index in [1.807, 2.05) is 0 Å². The van der Waals surface area contributed by atoms with E-state index in [1.165, 1.54) is 6.07 Å². The predicted molar refractivity (Wildman–Crippen MR) is 54.4 cm³/mol. The number of pyridine rings is 1. The minimum absolute atomic E-state index is 0.0193. The summed E-state index contributed by atoms with van der Waals surface area (Å²) in [4.78, 5) is 12.0. The van der Waals surface area contributed by atoms with Crippen molar-refractivity contribution < 1.29 is 9.47 Å². The average molecular weight is 232 g/mol. The molecule has 7 heteroatoms. The molecule has 0 saturated carbocycles. The highest BCUT2D eigenvalue weighted by molar-refractivity contribution is 5.70. The van der Waals surface area contributed by atoms with Crippen LogP contribution in [0.15, 0.2) is 16.9 Å². The third-order valence-electron chi connectivity index (χ3n) is 3.71. The molecular formula is C10H8N4O3. The molecule has 3 aliphatic heterocycles. The monoisotopic (exact) mass is 232 g/mol. The van der Waals surface area contributed by atoms with Crippen molar-refractivity contribution in [1.29, 1.82) is 0 Å². The van der Waals surface area contributed by atoms with Gasteiger partial charge in [0.15, 0.2) is 11.9 Å². The van der Waals surface area contributed by atoms with Crippen LogP contribution in [0.25, 0.3) is 11.2 Å². The van der Waals surface area contributed by atoms with Crippen molar-refractivity contribution in [2.45, 2.75) is 31.1 Å². The Labute approximate surface area is 94.5 Å². The van der Waals surface area contributed by atoms with Crippen molar-refractivity contribution >= 4 is 11.2 Å². The number of ether oxygens (including phenoxy) is 2. The van der Waals surface area contributed by atoms with Gasteiger partial charge in [-0.05, 0) is 6.07 Å². The number of epoxide rings is 1. The van der Waals surface area contributed by atoms with E-state index >= 15 is 0 Å². The Morgan fingerprint density at radius 2 is 2.24 bits per heavy atom. The maximum atomic E-state index is 12.0. The Kier molecular flexibility index (Phi) is 1.19. The van der Waals surface area contributed by atoms with Gasteiger partial charge in [0.1, 0.15) is 23.8 Å². The lowest BCUT2D eigenvalue weighted by molar-refractivity contribution is -0.0661. The van der Waals surface area contributed by atoms with Crippen LogP contribution in [-0.4, -0.2) is 37.9 Å². The third-order valence-corrected chi connectivity index (χ3v) is 3.71. The Balaban J connectivity index is 1.95. The lowest BCUT2D eigenvalue weighted by Crippen LogP contribution is -2.27. The van der Waals surface area contributed by atoms with Gasteiger partial charge in [-0.25, -0.2) is 4.68 Å². The van der Waals surface area contributed by atoms with Crippen LogP contribution in [-0.2, 0) is 16.0 Å². The molecular weight excluding hydrogens is 224 g/mol. The molecule has 3 aliphatic rings. The molecule has 0 aliphatic carbocycles. The van der Waals surface area contributed by atoms with E-state index in [0.29, 0.717) is 6.54 Å². The van der Waals surface area contributed by atoms with Gasteiger partial charge >= 0.3 is 0 Å². The molecule has 5 heterocycles. The van der Waals surface area contributed by atoms with Crippen LogP contribution in [0, 0.1) is 0 Å². The van der Waals surface area contributed by atoms with Crippen LogP contribution in [0.3, 0.4) is 0 Å². The molecule has 7 nitrogen and oxygen atoms in total. The lowest BCUT2D eigenvalue weighted by Gasteiger charge is -2.15. The Morgan fingerprint density at radius 1 is 1.29 bits per heavy atom. The molecule has 2 fully saturated rings. The first kappa shape index (κ1) is 8.37. The lowest BCUT2D eigenvalue weighted by atomic mass is 10.2. The zero-order chi connectivity index (χ0) is 11.1. The van der Waals surface area contributed by atoms with Gasteiger partial charge in [-0.15, -0.1) is 5.10 Å². The molecule has 0 N–H and O–H groups in total. The van der Waals surface area contributed by atoms with Crippen molar-refractivity contribution in [2.24, 2.45) is 0 Å². The fourth-order valence-corrected chi connectivity index (χ4v) is 2.90. The maximum Gasteiger partial charge on any atom is 0.254 e. The Bertz CT molecular complexity index is 705. The van der Waals surface area contributed by atoms with Crippen LogP contribution < -0.4 is 5.56 Å². The number of rotatable bonds is 0. The summed E-state index contributed by atoms with van der Waals surface area (Å²) in [6, 6.07) is 3.20. The topological polar surface area (TPSA) is 74.5 Å². The summed E-state index contributed by atoms with van der Waals surface area (Å²) in [7, 11) is 0. The fraction of sp³-hybridized carbons (Fsp3) is 0.500. The maximum absolute atomic E-state index is 12.0. The van der Waals surface area contributed by atoms with E-state index in [2.05, 4.69) is 10.3 Å². The van der Waals surface area contributed by atoms with E-state index in [-0.39, 0.29) is 30.1 Å². The molecule has 0 radical (unpaired) electrons. The summed E-state index contributed by atoms with van der Waals surface area (Å²) in [5.41, 5.74) is 1.36. The number of hydrogen-bond donors (Lipinski definition) is 0. The summed E-state index contributed by atoms with van der Waals surface area (Å²) in [5.74, 6) is 0. The van der Waals surface area contributed by atoms with Gasteiger partial charge in [0.2, 0.25) is 0 Å². The number of nitrogens with zero attached hydrogens (tertiary/aromatic N) is 4. The van der Waals surface area contributed by atoms with Crippen LogP contribution >= 0.6 is 0 Å². The first-order valence-electron chi connectivity index (χ1n) is 5.58. The Hall–Kier alpha value is -1.73. The zero-order valence-electron chi connectivity index (χ0n) is 8.68. The van der Waals surface area contributed by atoms with Crippen molar-refractivity contribution in [2.75, 3.05) is 0 Å². The molecule has 1 unspecified atom stereocenters. The van der Waals surface area contributed by atoms with Gasteiger partial charge in [0.05, 0.1) is 6.54 Å². The molecule has 5 rings (SSSR count). The van der Waals surface area contributed by atoms with Crippen LogP contribution in [0.2, 0.25) is 0 Å². The van der Waals surface area contributed by atoms with Crippen LogP contribution in [0.1, 0.15) is 6.23 Å². The van der Waals surface area contributed by atoms with E-state index in [0.717, 1.165) is 11.2 Å². The number of aromatic nitrogens is 4. The van der Waals surface area contributed by atoms with Gasteiger partial charge in [-0.1, -0.05) is 5.21 Å². The molecule has 2 aromatic rings. The summed E-state index contributed by atoms with van der Waals surface area (Å²) < 4.78 is 14.7. The molecule has 2 aromatic heterocycles. The molecule has 4 atom stereocenters. The van der Waals surface area contributed by atoms with Crippen LogP contribution in [0.5, 0.6) is 0 Å². The van der Waals surface area contributed by atoms with Gasteiger partial charge in [-0.3, -0.25) is 9.36 Å². The Morgan fingerprint density at radius 3 is 3.18 bits per heavy atom. The first-order valence-corrected chi connectivity index (χ1v) is 5.58. The van der Waals surface area contributed by atoms with E-state index in [4.69, 9.17) is 9.47 Å². The highest BCUT2D eigenvalue weighted by Gasteiger charge is 2.60. The summed E-state index contributed by atoms with van der Waals surface area (Å²) in [6.07, 6.45) is -0.207. The van der Waals surface area contributed by atoms with E-state index < -0.39 is 0 Å². The summed E-state index contributed by atoms with van der Waals surface area (Å²) >= 11 is 0. The van der Waals surface area contributed by atoms with Crippen LogP contribution in [0.4, 0.5) is 0 Å². The van der Waals surface area contributed by atoms with Gasteiger partial charge in [-0.2, -0.15) is 0 Å². The fourth-order valence-electron chi connectivity index (χ4n) is 2.90. The van der Waals surface area contributed by atoms with Gasteiger partial charge in [0, 0.05) is 6.07 Å². The molecule has 0 amide bonds. The quantitative estimate of drug-likeness (QED) is 0.560. The van der Waals surface area contributed by atoms with Crippen molar-refractivity contribution in [1.82, 2.24) is 19.6 Å². The summed E-state index contributed by atoms with van der Waals surface area (Å²) in [5, 5.41) is 8.14.